The molecule has 0 saturated heterocycles. The van der Waals surface area contributed by atoms with E-state index in [2.05, 4.69) is 146 Å². The molecule has 0 radical (unpaired) electrons. The summed E-state index contributed by atoms with van der Waals surface area (Å²) in [4.78, 5) is 0. The Balaban J connectivity index is 0.000000237. The van der Waals surface area contributed by atoms with E-state index in [0.717, 1.165) is 26.2 Å². The first-order valence-electron chi connectivity index (χ1n) is 20.0. The average molecular weight is 665 g/mol. The van der Waals surface area contributed by atoms with Gasteiger partial charge < -0.3 is 0 Å². The molecule has 0 spiro atoms. The SMILES string of the molecule is CCCCCCC[n+]1ccc2c(c1)C(C)(C)c1c[n+](CCCCCCC)ccc1-2.CCCC[n+]1ccc(-c2cc[n+](CCCC)cc2)cc1. The van der Waals surface area contributed by atoms with Crippen molar-refractivity contribution in [2.24, 2.45) is 0 Å². The number of rotatable bonds is 19. The Hall–Kier alpha value is -3.40. The van der Waals surface area contributed by atoms with Crippen molar-refractivity contribution < 1.29 is 18.3 Å². The Morgan fingerprint density at radius 3 is 1.08 bits per heavy atom. The van der Waals surface area contributed by atoms with Crippen molar-refractivity contribution in [1.29, 1.82) is 0 Å². The predicted octanol–water partition coefficient (Wildman–Crippen LogP) is 10.0. The lowest BCUT2D eigenvalue weighted by molar-refractivity contribution is -0.698. The van der Waals surface area contributed by atoms with Crippen LogP contribution in [-0.4, -0.2) is 0 Å². The highest BCUT2D eigenvalue weighted by molar-refractivity contribution is 5.78. The summed E-state index contributed by atoms with van der Waals surface area (Å²) in [5, 5.41) is 0. The van der Waals surface area contributed by atoms with Crippen LogP contribution in [0.5, 0.6) is 0 Å². The minimum atomic E-state index is 0.0844. The number of unbranched alkanes of at least 4 members (excludes halogenated alkanes) is 10. The number of nitrogens with zero attached hydrogens (tertiary/aromatic N) is 4. The number of aryl methyl sites for hydroxylation is 4. The van der Waals surface area contributed by atoms with Crippen LogP contribution in [-0.2, 0) is 31.6 Å². The van der Waals surface area contributed by atoms with Gasteiger partial charge in [-0.25, -0.2) is 18.3 Å². The van der Waals surface area contributed by atoms with Gasteiger partial charge in [-0.3, -0.25) is 0 Å². The van der Waals surface area contributed by atoms with Gasteiger partial charge in [-0.05, 0) is 35.1 Å². The predicted molar refractivity (Wildman–Crippen MR) is 204 cm³/mol. The zero-order valence-electron chi connectivity index (χ0n) is 32.1. The maximum atomic E-state index is 2.42. The van der Waals surface area contributed by atoms with Gasteiger partial charge in [0.25, 0.3) is 0 Å². The molecule has 0 amide bonds. The van der Waals surface area contributed by atoms with Crippen LogP contribution in [0.2, 0.25) is 0 Å². The van der Waals surface area contributed by atoms with Crippen molar-refractivity contribution in [3.05, 3.63) is 97.1 Å². The highest BCUT2D eigenvalue weighted by Crippen LogP contribution is 2.47. The zero-order valence-corrected chi connectivity index (χ0v) is 32.1. The smallest absolute Gasteiger partial charge is 0.173 e. The van der Waals surface area contributed by atoms with Crippen LogP contribution < -0.4 is 18.3 Å². The van der Waals surface area contributed by atoms with Crippen molar-refractivity contribution in [2.75, 3.05) is 0 Å². The molecule has 4 heteroatoms. The van der Waals surface area contributed by atoms with Crippen LogP contribution in [0.1, 0.15) is 143 Å². The standard InChI is InChI=1S/C27H42N2.C18H26N2/c1-5-7-9-11-13-17-28-19-15-23-24-16-20-29(18-14-12-10-8-6-2)22-26(24)27(3,4)25(23)21-28;1-3-5-11-19-13-7-17(8-14-19)18-9-15-20(16-10-18)12-6-4-2/h15-16,19-22H,5-14,17-18H2,1-4H3;7-10,13-16H,3-6,11-12H2,1-2H3/q2*+2. The molecule has 5 rings (SSSR count). The summed E-state index contributed by atoms with van der Waals surface area (Å²) in [5.41, 5.74) is 8.51. The van der Waals surface area contributed by atoms with E-state index < -0.39 is 0 Å². The van der Waals surface area contributed by atoms with Gasteiger partial charge in [0.1, 0.15) is 26.2 Å². The Labute approximate surface area is 299 Å². The second-order valence-electron chi connectivity index (χ2n) is 14.8. The first kappa shape index (κ1) is 38.4. The third kappa shape index (κ3) is 11.3. The third-order valence-electron chi connectivity index (χ3n) is 10.4. The minimum absolute atomic E-state index is 0.0844. The molecule has 0 fully saturated rings. The van der Waals surface area contributed by atoms with Gasteiger partial charge in [0.15, 0.2) is 49.6 Å². The molecule has 4 nitrogen and oxygen atoms in total. The quantitative estimate of drug-likeness (QED) is 0.0701. The highest BCUT2D eigenvalue weighted by Gasteiger charge is 2.39. The zero-order chi connectivity index (χ0) is 34.9. The molecule has 0 bridgehead atoms. The number of hydrogen-bond acceptors (Lipinski definition) is 0. The van der Waals surface area contributed by atoms with Crippen LogP contribution in [0.15, 0.2) is 86.0 Å². The van der Waals surface area contributed by atoms with Crippen molar-refractivity contribution in [3.63, 3.8) is 0 Å². The van der Waals surface area contributed by atoms with Gasteiger partial charge in [0, 0.05) is 78.6 Å². The molecule has 0 aromatic carbocycles. The lowest BCUT2D eigenvalue weighted by atomic mass is 9.84. The molecular weight excluding hydrogens is 597 g/mol. The first-order chi connectivity index (χ1) is 23.9. The van der Waals surface area contributed by atoms with E-state index in [-0.39, 0.29) is 5.41 Å². The van der Waals surface area contributed by atoms with Crippen LogP contribution in [0.4, 0.5) is 0 Å². The highest BCUT2D eigenvalue weighted by atomic mass is 14.9. The molecule has 0 aliphatic heterocycles. The number of pyridine rings is 4. The van der Waals surface area contributed by atoms with Gasteiger partial charge in [0.2, 0.25) is 0 Å². The number of hydrogen-bond donors (Lipinski definition) is 0. The van der Waals surface area contributed by atoms with E-state index in [9.17, 15) is 0 Å². The minimum Gasteiger partial charge on any atom is -0.205 e. The lowest BCUT2D eigenvalue weighted by Crippen LogP contribution is -2.36. The molecule has 4 aromatic rings. The summed E-state index contributed by atoms with van der Waals surface area (Å²) in [6, 6.07) is 13.5. The lowest BCUT2D eigenvalue weighted by Gasteiger charge is -2.18. The van der Waals surface area contributed by atoms with E-state index in [1.165, 1.54) is 123 Å². The maximum absolute atomic E-state index is 2.42. The first-order valence-corrected chi connectivity index (χ1v) is 20.0. The van der Waals surface area contributed by atoms with Crippen LogP contribution >= 0.6 is 0 Å². The van der Waals surface area contributed by atoms with E-state index in [1.807, 2.05) is 0 Å². The van der Waals surface area contributed by atoms with E-state index in [0.29, 0.717) is 0 Å². The largest absolute Gasteiger partial charge is 0.205 e. The Morgan fingerprint density at radius 2 is 0.714 bits per heavy atom. The van der Waals surface area contributed by atoms with E-state index in [1.54, 1.807) is 0 Å². The molecule has 1 aliphatic rings. The molecule has 4 heterocycles. The second kappa shape index (κ2) is 20.3. The van der Waals surface area contributed by atoms with Gasteiger partial charge >= 0.3 is 0 Å². The fraction of sp³-hybridized carbons (Fsp3) is 0.556. The molecule has 264 valence electrons. The Morgan fingerprint density at radius 1 is 0.388 bits per heavy atom. The summed E-state index contributed by atoms with van der Waals surface area (Å²) >= 11 is 0. The summed E-state index contributed by atoms with van der Waals surface area (Å²) in [5.74, 6) is 0. The van der Waals surface area contributed by atoms with Crippen LogP contribution in [0.25, 0.3) is 22.3 Å². The maximum Gasteiger partial charge on any atom is 0.173 e. The Kier molecular flexibility index (Phi) is 15.9. The van der Waals surface area contributed by atoms with Gasteiger partial charge in [-0.2, -0.15) is 0 Å². The summed E-state index contributed by atoms with van der Waals surface area (Å²) in [6.45, 7) is 18.3. The van der Waals surface area contributed by atoms with Crippen molar-refractivity contribution in [3.8, 4) is 22.3 Å². The third-order valence-corrected chi connectivity index (χ3v) is 10.4. The van der Waals surface area contributed by atoms with Crippen LogP contribution in [0.3, 0.4) is 0 Å². The van der Waals surface area contributed by atoms with Crippen molar-refractivity contribution >= 4 is 0 Å². The summed E-state index contributed by atoms with van der Waals surface area (Å²) in [6.07, 6.45) is 36.5. The van der Waals surface area contributed by atoms with Crippen LogP contribution in [0, 0.1) is 0 Å². The van der Waals surface area contributed by atoms with Gasteiger partial charge in [0.05, 0.1) is 0 Å². The van der Waals surface area contributed by atoms with Gasteiger partial charge in [-0.15, -0.1) is 0 Å². The van der Waals surface area contributed by atoms with Gasteiger partial charge in [-0.1, -0.05) is 92.9 Å². The molecule has 0 saturated carbocycles. The van der Waals surface area contributed by atoms with E-state index in [4.69, 9.17) is 0 Å². The topological polar surface area (TPSA) is 15.5 Å². The summed E-state index contributed by atoms with van der Waals surface area (Å²) < 4.78 is 9.36. The number of aromatic nitrogens is 4. The molecule has 0 N–H and O–H groups in total. The molecule has 0 unspecified atom stereocenters. The normalized spacial score (nSPS) is 12.7. The molecule has 49 heavy (non-hydrogen) atoms. The Bertz CT molecular complexity index is 1410. The number of fused-ring (bicyclic) bond motifs is 3. The molecule has 0 atom stereocenters. The van der Waals surface area contributed by atoms with Crippen molar-refractivity contribution in [2.45, 2.75) is 163 Å². The van der Waals surface area contributed by atoms with E-state index >= 15 is 0 Å². The molecule has 1 aliphatic carbocycles. The summed E-state index contributed by atoms with van der Waals surface area (Å²) in [7, 11) is 0. The average Bonchev–Trinajstić information content (AvgIpc) is 3.35. The van der Waals surface area contributed by atoms with Crippen molar-refractivity contribution in [1.82, 2.24) is 0 Å². The second-order valence-corrected chi connectivity index (χ2v) is 14.8. The molecular formula is C45H68N4+4. The molecule has 4 aromatic heterocycles. The fourth-order valence-corrected chi connectivity index (χ4v) is 7.04. The fourth-order valence-electron chi connectivity index (χ4n) is 7.04. The monoisotopic (exact) mass is 665 g/mol.